The highest BCUT2D eigenvalue weighted by molar-refractivity contribution is 7.86. The van der Waals surface area contributed by atoms with Crippen LogP contribution in [0.5, 0.6) is 0 Å². The van der Waals surface area contributed by atoms with Crippen molar-refractivity contribution >= 4 is 34.2 Å². The van der Waals surface area contributed by atoms with Gasteiger partial charge >= 0.3 is 0 Å². The average Bonchev–Trinajstić information content (AvgIpc) is 3.52. The number of hydrogen-bond donors (Lipinski definition) is 2. The minimum Gasteiger partial charge on any atom is -0.394 e. The van der Waals surface area contributed by atoms with Crippen LogP contribution in [0.2, 0.25) is 5.02 Å². The Balaban J connectivity index is 1.26. The highest BCUT2D eigenvalue weighted by Crippen LogP contribution is 2.56. The van der Waals surface area contributed by atoms with Gasteiger partial charge in [0, 0.05) is 30.2 Å². The number of aromatic nitrogens is 4. The molecular weight excluding hydrogens is 436 g/mol. The van der Waals surface area contributed by atoms with Crippen LogP contribution < -0.4 is 10.2 Å². The lowest BCUT2D eigenvalue weighted by atomic mass is 9.77. The Bertz CT molecular complexity index is 1030. The molecule has 2 N–H and O–H groups in total. The molecule has 2 aliphatic carbocycles. The molecule has 1 saturated heterocycles. The number of nitrogens with one attached hydrogen (secondary N) is 1. The summed E-state index contributed by atoms with van der Waals surface area (Å²) < 4.78 is 12.9. The van der Waals surface area contributed by atoms with Crippen LogP contribution in [0.15, 0.2) is 17.3 Å². The molecule has 2 unspecified atom stereocenters. The Kier molecular flexibility index (Phi) is 4.70. The summed E-state index contributed by atoms with van der Waals surface area (Å²) in [4.78, 5) is 21.5. The van der Waals surface area contributed by atoms with Crippen molar-refractivity contribution in [2.45, 2.75) is 66.0 Å². The molecule has 2 aromatic heterocycles. The van der Waals surface area contributed by atoms with Gasteiger partial charge in [-0.3, -0.25) is 4.21 Å². The van der Waals surface area contributed by atoms with E-state index in [-0.39, 0.29) is 23.3 Å². The lowest BCUT2D eigenvalue weighted by Crippen LogP contribution is -2.48. The van der Waals surface area contributed by atoms with E-state index in [1.807, 2.05) is 0 Å². The van der Waals surface area contributed by atoms with E-state index in [0.29, 0.717) is 22.7 Å². The second-order valence-corrected chi connectivity index (χ2v) is 11.2. The maximum atomic E-state index is 12.9. The molecule has 10 heteroatoms. The molecule has 2 aromatic rings. The fraction of sp³-hybridized carbons (Fsp3) is 0.619. The van der Waals surface area contributed by atoms with Gasteiger partial charge in [0.2, 0.25) is 5.95 Å². The summed E-state index contributed by atoms with van der Waals surface area (Å²) in [7, 11) is -1.05. The van der Waals surface area contributed by atoms with E-state index in [0.717, 1.165) is 68.0 Å². The number of aliphatic hydroxyl groups excluding tert-OH is 1. The second kappa shape index (κ2) is 7.35. The Morgan fingerprint density at radius 2 is 1.97 bits per heavy atom. The van der Waals surface area contributed by atoms with Gasteiger partial charge in [-0.1, -0.05) is 11.6 Å². The first-order chi connectivity index (χ1) is 15.1. The molecule has 3 atom stereocenters. The van der Waals surface area contributed by atoms with Crippen LogP contribution in [0.3, 0.4) is 0 Å². The van der Waals surface area contributed by atoms with Crippen LogP contribution >= 0.6 is 11.6 Å². The molecule has 2 aliphatic heterocycles. The van der Waals surface area contributed by atoms with Crippen LogP contribution in [-0.2, 0) is 10.8 Å². The molecule has 4 heterocycles. The first-order valence-corrected chi connectivity index (χ1v) is 12.6. The summed E-state index contributed by atoms with van der Waals surface area (Å²) in [6.07, 6.45) is 8.95. The molecule has 6 rings (SSSR count). The van der Waals surface area contributed by atoms with Crippen molar-refractivity contribution in [1.29, 1.82) is 0 Å². The largest absolute Gasteiger partial charge is 0.394 e. The Morgan fingerprint density at radius 1 is 1.23 bits per heavy atom. The zero-order valence-electron chi connectivity index (χ0n) is 17.1. The van der Waals surface area contributed by atoms with Gasteiger partial charge in [0.25, 0.3) is 0 Å². The van der Waals surface area contributed by atoms with Crippen molar-refractivity contribution < 1.29 is 9.32 Å². The molecule has 31 heavy (non-hydrogen) atoms. The Labute approximate surface area is 188 Å². The maximum absolute atomic E-state index is 12.9. The van der Waals surface area contributed by atoms with Crippen LogP contribution in [0.4, 0.5) is 11.8 Å². The van der Waals surface area contributed by atoms with E-state index in [9.17, 15) is 9.32 Å². The van der Waals surface area contributed by atoms with E-state index >= 15 is 0 Å². The van der Waals surface area contributed by atoms with Crippen molar-refractivity contribution in [2.24, 2.45) is 0 Å². The number of anilines is 2. The number of fused-ring (bicyclic) bond motifs is 3. The second-order valence-electron chi connectivity index (χ2n) is 9.20. The predicted octanol–water partition coefficient (Wildman–Crippen LogP) is 2.61. The molecule has 4 aliphatic rings. The van der Waals surface area contributed by atoms with Gasteiger partial charge in [-0.05, 0) is 38.5 Å². The molecule has 0 spiro atoms. The molecule has 2 saturated carbocycles. The van der Waals surface area contributed by atoms with Gasteiger partial charge in [-0.25, -0.2) is 19.9 Å². The molecule has 0 bridgehead atoms. The van der Waals surface area contributed by atoms with Crippen molar-refractivity contribution in [3.05, 3.63) is 28.9 Å². The lowest BCUT2D eigenvalue weighted by Gasteiger charge is -2.42. The SMILES string of the molecule is O=[S@]1c2c(NC3(CO)CCC3)nc(C3CCN(c4ncc(Cl)cn4)CC3)nc2C2CC21. The lowest BCUT2D eigenvalue weighted by molar-refractivity contribution is 0.143. The number of hydrogen-bond acceptors (Lipinski definition) is 8. The van der Waals surface area contributed by atoms with E-state index in [1.165, 1.54) is 0 Å². The van der Waals surface area contributed by atoms with Crippen LogP contribution in [0, 0.1) is 0 Å². The average molecular weight is 461 g/mol. The van der Waals surface area contributed by atoms with Crippen LogP contribution in [-0.4, -0.2) is 59.7 Å². The standard InChI is InChI=1S/C21H25ClN6O2S/c22-13-9-23-20(24-10-13)28-6-2-12(3-7-28)18-25-16-14-8-15(14)31(30)17(16)19(26-18)27-21(11-29)4-1-5-21/h9-10,12,14-15,29H,1-8,11H2,(H,25,26,27)/t14?,15?,31-/m1/s1. The normalized spacial score (nSPS) is 28.6. The number of nitrogens with zero attached hydrogens (tertiary/aromatic N) is 5. The zero-order valence-corrected chi connectivity index (χ0v) is 18.7. The fourth-order valence-corrected chi connectivity index (χ4v) is 6.93. The van der Waals surface area contributed by atoms with Crippen molar-refractivity contribution in [3.63, 3.8) is 0 Å². The van der Waals surface area contributed by atoms with Crippen LogP contribution in [0.1, 0.15) is 61.9 Å². The van der Waals surface area contributed by atoms with Crippen molar-refractivity contribution in [1.82, 2.24) is 19.9 Å². The fourth-order valence-electron chi connectivity index (χ4n) is 5.03. The summed E-state index contributed by atoms with van der Waals surface area (Å²) in [6.45, 7) is 1.72. The smallest absolute Gasteiger partial charge is 0.225 e. The first kappa shape index (κ1) is 19.8. The minimum atomic E-state index is -1.05. The van der Waals surface area contributed by atoms with E-state index < -0.39 is 10.8 Å². The predicted molar refractivity (Wildman–Crippen MR) is 118 cm³/mol. The van der Waals surface area contributed by atoms with Gasteiger partial charge in [-0.15, -0.1) is 0 Å². The monoisotopic (exact) mass is 460 g/mol. The number of aliphatic hydroxyl groups is 1. The third-order valence-electron chi connectivity index (χ3n) is 7.21. The van der Waals surface area contributed by atoms with E-state index in [2.05, 4.69) is 20.2 Å². The maximum Gasteiger partial charge on any atom is 0.225 e. The zero-order chi connectivity index (χ0) is 21.2. The first-order valence-electron chi connectivity index (χ1n) is 11.0. The summed E-state index contributed by atoms with van der Waals surface area (Å²) in [5.74, 6) is 2.79. The van der Waals surface area contributed by atoms with Gasteiger partial charge in [-0.2, -0.15) is 0 Å². The van der Waals surface area contributed by atoms with Gasteiger partial charge in [0.05, 0.1) is 46.1 Å². The molecule has 3 fully saturated rings. The third kappa shape index (κ3) is 3.32. The Morgan fingerprint density at radius 3 is 2.61 bits per heavy atom. The van der Waals surface area contributed by atoms with Gasteiger partial charge in [0.1, 0.15) is 16.5 Å². The van der Waals surface area contributed by atoms with E-state index in [1.54, 1.807) is 12.4 Å². The molecule has 0 amide bonds. The molecule has 8 nitrogen and oxygen atoms in total. The van der Waals surface area contributed by atoms with E-state index in [4.69, 9.17) is 21.6 Å². The number of halogens is 1. The highest BCUT2D eigenvalue weighted by Gasteiger charge is 2.54. The highest BCUT2D eigenvalue weighted by atomic mass is 35.5. The van der Waals surface area contributed by atoms with Crippen LogP contribution in [0.25, 0.3) is 0 Å². The number of piperidine rings is 1. The molecule has 164 valence electrons. The van der Waals surface area contributed by atoms with Crippen molar-refractivity contribution in [3.8, 4) is 0 Å². The van der Waals surface area contributed by atoms with Crippen molar-refractivity contribution in [2.75, 3.05) is 29.9 Å². The summed E-state index contributed by atoms with van der Waals surface area (Å²) >= 11 is 5.91. The number of rotatable bonds is 5. The topological polar surface area (TPSA) is 104 Å². The van der Waals surface area contributed by atoms with Gasteiger partial charge < -0.3 is 15.3 Å². The third-order valence-corrected chi connectivity index (χ3v) is 9.29. The Hall–Kier alpha value is -1.84. The summed E-state index contributed by atoms with van der Waals surface area (Å²) in [6, 6.07) is 0. The van der Waals surface area contributed by atoms with Gasteiger partial charge in [0.15, 0.2) is 0 Å². The summed E-state index contributed by atoms with van der Waals surface area (Å²) in [5, 5.41) is 14.2. The molecule has 0 aromatic carbocycles. The minimum absolute atomic E-state index is 0.0695. The quantitative estimate of drug-likeness (QED) is 0.701. The molecular formula is C21H25ClN6O2S. The molecule has 0 radical (unpaired) electrons. The summed E-state index contributed by atoms with van der Waals surface area (Å²) in [5.41, 5.74) is 0.651.